The van der Waals surface area contributed by atoms with Gasteiger partial charge < -0.3 is 9.47 Å². The molecule has 0 aliphatic carbocycles. The van der Waals surface area contributed by atoms with Crippen LogP contribution in [0.2, 0.25) is 0 Å². The van der Waals surface area contributed by atoms with Gasteiger partial charge in [-0.05, 0) is 36.1 Å². The molecule has 5 heteroatoms. The van der Waals surface area contributed by atoms with Gasteiger partial charge in [0.05, 0.1) is 19.1 Å². The number of nitrogens with zero attached hydrogens (tertiary/aromatic N) is 1. The van der Waals surface area contributed by atoms with Crippen molar-refractivity contribution in [1.29, 1.82) is 0 Å². The quantitative estimate of drug-likeness (QED) is 0.603. The van der Waals surface area contributed by atoms with Gasteiger partial charge in [-0.25, -0.2) is 0 Å². The van der Waals surface area contributed by atoms with Crippen molar-refractivity contribution in [2.24, 2.45) is 0 Å². The summed E-state index contributed by atoms with van der Waals surface area (Å²) < 4.78 is 10.4. The van der Waals surface area contributed by atoms with E-state index in [1.807, 2.05) is 24.6 Å². The Kier molecular flexibility index (Phi) is 4.77. The van der Waals surface area contributed by atoms with Gasteiger partial charge in [0.1, 0.15) is 0 Å². The maximum atomic E-state index is 10.6. The largest absolute Gasteiger partial charge is 0.493 e. The molecule has 0 aromatic heterocycles. The number of ether oxygens (including phenoxy) is 2. The number of rotatable bonds is 6. The highest BCUT2D eigenvalue weighted by Crippen LogP contribution is 2.28. The Bertz CT molecular complexity index is 623. The topological polar surface area (TPSA) is 61.6 Å². The van der Waals surface area contributed by atoms with Crippen LogP contribution >= 0.6 is 0 Å². The number of nitro groups is 1. The first-order chi connectivity index (χ1) is 10.1. The van der Waals surface area contributed by atoms with Crippen molar-refractivity contribution in [1.82, 2.24) is 0 Å². The van der Waals surface area contributed by atoms with Gasteiger partial charge in [0.2, 0.25) is 0 Å². The predicted molar refractivity (Wildman–Crippen MR) is 79.7 cm³/mol. The lowest BCUT2D eigenvalue weighted by atomic mass is 10.0. The van der Waals surface area contributed by atoms with E-state index in [-0.39, 0.29) is 5.69 Å². The van der Waals surface area contributed by atoms with Gasteiger partial charge in [-0.3, -0.25) is 10.1 Å². The zero-order valence-electron chi connectivity index (χ0n) is 11.9. The van der Waals surface area contributed by atoms with Crippen molar-refractivity contribution in [3.8, 4) is 11.5 Å². The summed E-state index contributed by atoms with van der Waals surface area (Å²) in [5.41, 5.74) is 2.12. The maximum Gasteiger partial charge on any atom is 0.269 e. The van der Waals surface area contributed by atoms with Crippen molar-refractivity contribution in [3.05, 3.63) is 70.1 Å². The van der Waals surface area contributed by atoms with Crippen LogP contribution in [0.15, 0.2) is 42.5 Å². The predicted octanol–water partition coefficient (Wildman–Crippen LogP) is 3.41. The van der Waals surface area contributed by atoms with Crippen LogP contribution in [0, 0.1) is 16.5 Å². The Labute approximate surface area is 123 Å². The molecule has 0 aliphatic rings. The van der Waals surface area contributed by atoms with Crippen molar-refractivity contribution in [2.75, 3.05) is 14.2 Å². The molecule has 21 heavy (non-hydrogen) atoms. The van der Waals surface area contributed by atoms with Gasteiger partial charge in [0, 0.05) is 12.1 Å². The Morgan fingerprint density at radius 3 is 2.29 bits per heavy atom. The standard InChI is InChI=1S/C16H16NO4/c1-20-15-10-7-13(11-16(15)21-2)4-3-12-5-8-14(9-6-12)17(18)19/h4-11H,3H2,1-2H3. The molecule has 5 nitrogen and oxygen atoms in total. The molecule has 0 fully saturated rings. The molecule has 0 amide bonds. The SMILES string of the molecule is COc1ccc([CH]Cc2ccc([N+](=O)[O-])cc2)cc1OC. The lowest BCUT2D eigenvalue weighted by Gasteiger charge is -2.09. The molecule has 0 N–H and O–H groups in total. The zero-order chi connectivity index (χ0) is 15.2. The van der Waals surface area contributed by atoms with Gasteiger partial charge in [-0.1, -0.05) is 18.2 Å². The van der Waals surface area contributed by atoms with Crippen LogP contribution in [-0.4, -0.2) is 19.1 Å². The number of hydrogen-bond acceptors (Lipinski definition) is 4. The van der Waals surface area contributed by atoms with Crippen LogP contribution in [0.1, 0.15) is 11.1 Å². The third-order valence-electron chi connectivity index (χ3n) is 3.13. The Hall–Kier alpha value is -2.56. The molecule has 0 aliphatic heterocycles. The molecule has 0 atom stereocenters. The Morgan fingerprint density at radius 2 is 1.71 bits per heavy atom. The summed E-state index contributed by atoms with van der Waals surface area (Å²) in [5.74, 6) is 1.36. The van der Waals surface area contributed by atoms with Crippen LogP contribution in [-0.2, 0) is 6.42 Å². The normalized spacial score (nSPS) is 10.2. The van der Waals surface area contributed by atoms with E-state index in [1.165, 1.54) is 12.1 Å². The minimum Gasteiger partial charge on any atom is -0.493 e. The highest BCUT2D eigenvalue weighted by Gasteiger charge is 2.06. The second kappa shape index (κ2) is 6.74. The molecule has 0 saturated heterocycles. The second-order valence-electron chi connectivity index (χ2n) is 4.45. The van der Waals surface area contributed by atoms with Gasteiger partial charge in [-0.15, -0.1) is 0 Å². The fourth-order valence-corrected chi connectivity index (χ4v) is 1.97. The first-order valence-corrected chi connectivity index (χ1v) is 6.42. The van der Waals surface area contributed by atoms with Crippen LogP contribution in [0.25, 0.3) is 0 Å². The number of non-ortho nitro benzene ring substituents is 1. The number of methoxy groups -OCH3 is 2. The van der Waals surface area contributed by atoms with E-state index in [0.29, 0.717) is 17.9 Å². The summed E-state index contributed by atoms with van der Waals surface area (Å²) in [6, 6.07) is 12.2. The van der Waals surface area contributed by atoms with Crippen molar-refractivity contribution < 1.29 is 14.4 Å². The monoisotopic (exact) mass is 286 g/mol. The summed E-state index contributed by atoms with van der Waals surface area (Å²) in [6.07, 6.45) is 2.72. The molecule has 0 bridgehead atoms. The molecule has 0 spiro atoms. The van der Waals surface area contributed by atoms with E-state index in [2.05, 4.69) is 0 Å². The number of hydrogen-bond donors (Lipinski definition) is 0. The average Bonchev–Trinajstić information content (AvgIpc) is 2.52. The summed E-state index contributed by atoms with van der Waals surface area (Å²) >= 11 is 0. The summed E-state index contributed by atoms with van der Waals surface area (Å²) in [7, 11) is 3.19. The summed E-state index contributed by atoms with van der Waals surface area (Å²) in [4.78, 5) is 10.2. The lowest BCUT2D eigenvalue weighted by Crippen LogP contribution is -1.94. The smallest absolute Gasteiger partial charge is 0.269 e. The van der Waals surface area contributed by atoms with Gasteiger partial charge in [-0.2, -0.15) is 0 Å². The molecule has 2 rings (SSSR count). The van der Waals surface area contributed by atoms with Crippen molar-refractivity contribution >= 4 is 5.69 Å². The maximum absolute atomic E-state index is 10.6. The molecular formula is C16H16NO4. The average molecular weight is 286 g/mol. The molecule has 1 radical (unpaired) electrons. The summed E-state index contributed by atoms with van der Waals surface area (Å²) in [6.45, 7) is 0. The van der Waals surface area contributed by atoms with E-state index in [0.717, 1.165) is 11.1 Å². The van der Waals surface area contributed by atoms with Gasteiger partial charge >= 0.3 is 0 Å². The van der Waals surface area contributed by atoms with Crippen molar-refractivity contribution in [3.63, 3.8) is 0 Å². The summed E-state index contributed by atoms with van der Waals surface area (Å²) in [5, 5.41) is 10.6. The fourth-order valence-electron chi connectivity index (χ4n) is 1.97. The zero-order valence-corrected chi connectivity index (χ0v) is 11.9. The van der Waals surface area contributed by atoms with Crippen LogP contribution in [0.4, 0.5) is 5.69 Å². The third kappa shape index (κ3) is 3.72. The minimum absolute atomic E-state index is 0.102. The Balaban J connectivity index is 2.04. The highest BCUT2D eigenvalue weighted by atomic mass is 16.6. The minimum atomic E-state index is -0.401. The van der Waals surface area contributed by atoms with Crippen LogP contribution < -0.4 is 9.47 Å². The molecule has 2 aromatic rings. The van der Waals surface area contributed by atoms with E-state index in [4.69, 9.17) is 9.47 Å². The molecule has 0 heterocycles. The molecule has 109 valence electrons. The molecular weight excluding hydrogens is 270 g/mol. The van der Waals surface area contributed by atoms with E-state index >= 15 is 0 Å². The highest BCUT2D eigenvalue weighted by molar-refractivity contribution is 5.45. The number of benzene rings is 2. The number of nitro benzene ring substituents is 1. The fraction of sp³-hybridized carbons (Fsp3) is 0.188. The lowest BCUT2D eigenvalue weighted by molar-refractivity contribution is -0.384. The molecule has 0 saturated carbocycles. The van der Waals surface area contributed by atoms with Crippen LogP contribution in [0.3, 0.4) is 0 Å². The first kappa shape index (κ1) is 14.8. The van der Waals surface area contributed by atoms with Crippen molar-refractivity contribution in [2.45, 2.75) is 6.42 Å². The third-order valence-corrected chi connectivity index (χ3v) is 3.13. The van der Waals surface area contributed by atoms with Crippen LogP contribution in [0.5, 0.6) is 11.5 Å². The van der Waals surface area contributed by atoms with E-state index in [1.54, 1.807) is 26.4 Å². The van der Waals surface area contributed by atoms with E-state index < -0.39 is 4.92 Å². The first-order valence-electron chi connectivity index (χ1n) is 6.42. The van der Waals surface area contributed by atoms with Gasteiger partial charge in [0.15, 0.2) is 11.5 Å². The second-order valence-corrected chi connectivity index (χ2v) is 4.45. The Morgan fingerprint density at radius 1 is 1.05 bits per heavy atom. The molecule has 2 aromatic carbocycles. The molecule has 0 unspecified atom stereocenters. The van der Waals surface area contributed by atoms with E-state index in [9.17, 15) is 10.1 Å². The van der Waals surface area contributed by atoms with Gasteiger partial charge in [0.25, 0.3) is 5.69 Å².